The molecule has 0 atom stereocenters. The lowest BCUT2D eigenvalue weighted by Gasteiger charge is -2.13. The van der Waals surface area contributed by atoms with Gasteiger partial charge in [-0.1, -0.05) is 104 Å². The van der Waals surface area contributed by atoms with Crippen LogP contribution in [0.15, 0.2) is 66.7 Å². The summed E-state index contributed by atoms with van der Waals surface area (Å²) in [6.07, 6.45) is 17.9. The number of carbonyl (C=O) groups excluding carboxylic acids is 3. The van der Waals surface area contributed by atoms with Crippen molar-refractivity contribution in [2.45, 2.75) is 124 Å². The van der Waals surface area contributed by atoms with Crippen LogP contribution in [-0.2, 0) is 4.74 Å². The van der Waals surface area contributed by atoms with Crippen molar-refractivity contribution in [2.24, 2.45) is 0 Å². The van der Waals surface area contributed by atoms with Gasteiger partial charge in [-0.25, -0.2) is 14.4 Å². The summed E-state index contributed by atoms with van der Waals surface area (Å²) in [6, 6.07) is 17.8. The summed E-state index contributed by atoms with van der Waals surface area (Å²) < 4.78 is 28.5. The van der Waals surface area contributed by atoms with Crippen molar-refractivity contribution in [3.05, 3.63) is 83.4 Å². The molecule has 0 aromatic heterocycles. The number of hydrogen-bond acceptors (Lipinski definition) is 8. The molecule has 8 nitrogen and oxygen atoms in total. The molecule has 0 spiro atoms. The van der Waals surface area contributed by atoms with Gasteiger partial charge in [-0.2, -0.15) is 0 Å². The molecular formula is C43H58O8. The van der Waals surface area contributed by atoms with Crippen LogP contribution < -0.4 is 18.9 Å². The largest absolute Gasteiger partial charge is 0.494 e. The molecule has 3 aromatic carbocycles. The molecule has 51 heavy (non-hydrogen) atoms. The van der Waals surface area contributed by atoms with Crippen LogP contribution in [0.4, 0.5) is 0 Å². The lowest BCUT2D eigenvalue weighted by molar-refractivity contribution is 0.0490. The van der Waals surface area contributed by atoms with E-state index < -0.39 is 17.9 Å². The van der Waals surface area contributed by atoms with Crippen LogP contribution in [0.25, 0.3) is 0 Å². The molecule has 8 heteroatoms. The third kappa shape index (κ3) is 16.0. The van der Waals surface area contributed by atoms with E-state index in [9.17, 15) is 14.4 Å². The van der Waals surface area contributed by atoms with Gasteiger partial charge in [0.2, 0.25) is 0 Å². The molecule has 3 aromatic rings. The molecule has 278 valence electrons. The van der Waals surface area contributed by atoms with Gasteiger partial charge in [0.25, 0.3) is 0 Å². The first kappa shape index (κ1) is 41.1. The Morgan fingerprint density at radius 2 is 0.843 bits per heavy atom. The molecule has 0 saturated heterocycles. The average Bonchev–Trinajstić information content (AvgIpc) is 3.15. The van der Waals surface area contributed by atoms with Gasteiger partial charge < -0.3 is 23.7 Å². The molecule has 0 aliphatic carbocycles. The molecule has 3 rings (SSSR count). The molecule has 0 saturated carbocycles. The Hall–Kier alpha value is -4.33. The number of benzene rings is 3. The van der Waals surface area contributed by atoms with Crippen LogP contribution >= 0.6 is 0 Å². The summed E-state index contributed by atoms with van der Waals surface area (Å²) in [5.74, 6) is -0.420. The summed E-state index contributed by atoms with van der Waals surface area (Å²) in [5, 5.41) is 0. The normalized spacial score (nSPS) is 10.8. The molecular weight excluding hydrogens is 644 g/mol. The van der Waals surface area contributed by atoms with Gasteiger partial charge in [-0.15, -0.1) is 0 Å². The van der Waals surface area contributed by atoms with Gasteiger partial charge in [0.1, 0.15) is 28.6 Å². The van der Waals surface area contributed by atoms with Gasteiger partial charge in [0.05, 0.1) is 30.9 Å². The van der Waals surface area contributed by atoms with Crippen molar-refractivity contribution in [1.82, 2.24) is 0 Å². The molecule has 0 bridgehead atoms. The molecule has 0 heterocycles. The van der Waals surface area contributed by atoms with Crippen molar-refractivity contribution in [3.63, 3.8) is 0 Å². The molecule has 0 N–H and O–H groups in total. The molecule has 0 aliphatic heterocycles. The van der Waals surface area contributed by atoms with E-state index in [1.54, 1.807) is 48.5 Å². The minimum atomic E-state index is -0.669. The zero-order valence-electron chi connectivity index (χ0n) is 31.1. The fraction of sp³-hybridized carbons (Fsp3) is 0.512. The van der Waals surface area contributed by atoms with Crippen LogP contribution in [0, 0.1) is 0 Å². The van der Waals surface area contributed by atoms with Crippen LogP contribution in [0.3, 0.4) is 0 Å². The summed E-state index contributed by atoms with van der Waals surface area (Å²) in [5.41, 5.74) is 0.619. The number of esters is 3. The van der Waals surface area contributed by atoms with E-state index in [0.717, 1.165) is 51.4 Å². The van der Waals surface area contributed by atoms with E-state index >= 15 is 0 Å². The van der Waals surface area contributed by atoms with Crippen molar-refractivity contribution < 1.29 is 38.1 Å². The Balaban J connectivity index is 1.61. The minimum Gasteiger partial charge on any atom is -0.494 e. The SMILES string of the molecule is CCCCCCCCOc1ccc(C(=O)Oc2ccc(OC(=O)c3ccc(OCCCCCCCC)cc3)c(C(=O)OCCCCCC)c2)cc1. The van der Waals surface area contributed by atoms with Crippen molar-refractivity contribution in [3.8, 4) is 23.0 Å². The summed E-state index contributed by atoms with van der Waals surface area (Å²) in [4.78, 5) is 39.3. The smallest absolute Gasteiger partial charge is 0.343 e. The first-order chi connectivity index (χ1) is 24.9. The van der Waals surface area contributed by atoms with Gasteiger partial charge in [0.15, 0.2) is 0 Å². The summed E-state index contributed by atoms with van der Waals surface area (Å²) in [6.45, 7) is 7.99. The standard InChI is InChI=1S/C43H58O8/c1-4-7-10-13-15-18-30-47-36-24-20-34(21-25-36)41(44)50-38-28-29-40(39(33-38)43(46)49-32-17-12-9-6-3)51-42(45)35-22-26-37(27-23-35)48-31-19-16-14-11-8-5-2/h20-29,33H,4-19,30-32H2,1-3H3. The Labute approximate surface area is 305 Å². The average molecular weight is 703 g/mol. The van der Waals surface area contributed by atoms with Crippen molar-refractivity contribution >= 4 is 17.9 Å². The highest BCUT2D eigenvalue weighted by Crippen LogP contribution is 2.28. The van der Waals surface area contributed by atoms with Crippen LogP contribution in [0.2, 0.25) is 0 Å². The van der Waals surface area contributed by atoms with Gasteiger partial charge >= 0.3 is 17.9 Å². The summed E-state index contributed by atoms with van der Waals surface area (Å²) in [7, 11) is 0. The van der Waals surface area contributed by atoms with Gasteiger partial charge in [-0.3, -0.25) is 0 Å². The summed E-state index contributed by atoms with van der Waals surface area (Å²) >= 11 is 0. The zero-order valence-corrected chi connectivity index (χ0v) is 31.1. The second kappa shape index (κ2) is 24.8. The second-order valence-electron chi connectivity index (χ2n) is 12.9. The molecule has 0 unspecified atom stereocenters. The van der Waals surface area contributed by atoms with Gasteiger partial charge in [0, 0.05) is 0 Å². The number of unbranched alkanes of at least 4 members (excludes halogenated alkanes) is 13. The highest BCUT2D eigenvalue weighted by molar-refractivity contribution is 5.97. The lowest BCUT2D eigenvalue weighted by atomic mass is 10.1. The Bertz CT molecular complexity index is 1430. The van der Waals surface area contributed by atoms with Crippen LogP contribution in [-0.4, -0.2) is 37.7 Å². The van der Waals surface area contributed by atoms with Crippen molar-refractivity contribution in [1.29, 1.82) is 0 Å². The maximum atomic E-state index is 13.2. The molecule has 0 aliphatic rings. The third-order valence-corrected chi connectivity index (χ3v) is 8.53. The van der Waals surface area contributed by atoms with Crippen LogP contribution in [0.5, 0.6) is 23.0 Å². The molecule has 0 fully saturated rings. The highest BCUT2D eigenvalue weighted by Gasteiger charge is 2.21. The van der Waals surface area contributed by atoms with Gasteiger partial charge in [-0.05, 0) is 86.0 Å². The Morgan fingerprint density at radius 3 is 1.35 bits per heavy atom. The minimum absolute atomic E-state index is 0.00798. The number of rotatable bonds is 26. The van der Waals surface area contributed by atoms with E-state index in [-0.39, 0.29) is 23.7 Å². The first-order valence-electron chi connectivity index (χ1n) is 19.2. The fourth-order valence-electron chi connectivity index (χ4n) is 5.44. The molecule has 0 amide bonds. The van der Waals surface area contributed by atoms with E-state index in [0.29, 0.717) is 35.8 Å². The van der Waals surface area contributed by atoms with E-state index in [1.807, 2.05) is 0 Å². The fourth-order valence-corrected chi connectivity index (χ4v) is 5.44. The Kier molecular flexibility index (Phi) is 19.9. The highest BCUT2D eigenvalue weighted by atomic mass is 16.6. The predicted octanol–water partition coefficient (Wildman–Crippen LogP) is 11.3. The monoisotopic (exact) mass is 702 g/mol. The van der Waals surface area contributed by atoms with E-state index in [4.69, 9.17) is 23.7 Å². The number of hydrogen-bond donors (Lipinski definition) is 0. The topological polar surface area (TPSA) is 97.4 Å². The molecule has 0 radical (unpaired) electrons. The van der Waals surface area contributed by atoms with Crippen LogP contribution in [0.1, 0.15) is 155 Å². The number of ether oxygens (including phenoxy) is 5. The van der Waals surface area contributed by atoms with E-state index in [1.165, 1.54) is 69.6 Å². The maximum absolute atomic E-state index is 13.2. The second-order valence-corrected chi connectivity index (χ2v) is 12.9. The lowest BCUT2D eigenvalue weighted by Crippen LogP contribution is -2.14. The Morgan fingerprint density at radius 1 is 0.431 bits per heavy atom. The number of carbonyl (C=O) groups is 3. The van der Waals surface area contributed by atoms with Crippen molar-refractivity contribution in [2.75, 3.05) is 19.8 Å². The third-order valence-electron chi connectivity index (χ3n) is 8.53. The maximum Gasteiger partial charge on any atom is 0.343 e. The van der Waals surface area contributed by atoms with E-state index in [2.05, 4.69) is 20.8 Å². The predicted molar refractivity (Wildman–Crippen MR) is 201 cm³/mol. The quantitative estimate of drug-likeness (QED) is 0.0463. The zero-order chi connectivity index (χ0) is 36.5. The first-order valence-corrected chi connectivity index (χ1v) is 19.2.